The van der Waals surface area contributed by atoms with E-state index in [9.17, 15) is 14.4 Å². The summed E-state index contributed by atoms with van der Waals surface area (Å²) in [6, 6.07) is 13.0. The van der Waals surface area contributed by atoms with Gasteiger partial charge in [0.1, 0.15) is 11.6 Å². The molecule has 4 rings (SSSR count). The number of methoxy groups -OCH3 is 2. The molecule has 0 bridgehead atoms. The third-order valence-corrected chi connectivity index (χ3v) is 6.83. The molecule has 2 aliphatic heterocycles. The second-order valence-electron chi connectivity index (χ2n) is 9.02. The molecule has 1 atom stereocenters. The van der Waals surface area contributed by atoms with Gasteiger partial charge in [-0.05, 0) is 36.8 Å². The van der Waals surface area contributed by atoms with Crippen molar-refractivity contribution in [2.75, 3.05) is 58.5 Å². The maximum atomic E-state index is 13.7. The topological polar surface area (TPSA) is 92.3 Å². The van der Waals surface area contributed by atoms with E-state index < -0.39 is 5.41 Å². The molecule has 35 heavy (non-hydrogen) atoms. The molecule has 9 nitrogen and oxygen atoms in total. The predicted octanol–water partition coefficient (Wildman–Crippen LogP) is 1.78. The summed E-state index contributed by atoms with van der Waals surface area (Å²) >= 11 is 0. The van der Waals surface area contributed by atoms with Gasteiger partial charge in [0, 0.05) is 51.8 Å². The Morgan fingerprint density at radius 3 is 2.49 bits per heavy atom. The largest absolute Gasteiger partial charge is 0.497 e. The zero-order valence-corrected chi connectivity index (χ0v) is 20.5. The van der Waals surface area contributed by atoms with E-state index in [-0.39, 0.29) is 43.7 Å². The van der Waals surface area contributed by atoms with Crippen LogP contribution in [0.3, 0.4) is 0 Å². The lowest BCUT2D eigenvalue weighted by Crippen LogP contribution is -2.51. The summed E-state index contributed by atoms with van der Waals surface area (Å²) in [4.78, 5) is 49.8. The van der Waals surface area contributed by atoms with Gasteiger partial charge in [-0.1, -0.05) is 18.2 Å². The number of imide groups is 1. The van der Waals surface area contributed by atoms with Crippen molar-refractivity contribution < 1.29 is 23.9 Å². The van der Waals surface area contributed by atoms with Gasteiger partial charge in [-0.3, -0.25) is 19.3 Å². The lowest BCUT2D eigenvalue weighted by molar-refractivity contribution is -0.143. The fraction of sp³-hybridized carbons (Fsp3) is 0.462. The minimum Gasteiger partial charge on any atom is -0.497 e. The zero-order chi connectivity index (χ0) is 25.0. The van der Waals surface area contributed by atoms with E-state index >= 15 is 0 Å². The molecule has 0 N–H and O–H groups in total. The number of rotatable bonds is 8. The van der Waals surface area contributed by atoms with E-state index in [1.807, 2.05) is 25.1 Å². The van der Waals surface area contributed by atoms with Gasteiger partial charge in [0.2, 0.25) is 17.7 Å². The van der Waals surface area contributed by atoms with Crippen molar-refractivity contribution in [1.82, 2.24) is 14.8 Å². The van der Waals surface area contributed by atoms with E-state index in [4.69, 9.17) is 9.47 Å². The summed E-state index contributed by atoms with van der Waals surface area (Å²) < 4.78 is 10.5. The molecule has 0 unspecified atom stereocenters. The standard InChI is InChI=1S/C26H32N4O5/c1-19-6-4-9-22(27-19)28-10-12-29(13-11-28)23(31)17-26(20-7-5-8-21(16-20)35-3)18-24(32)30(25(26)33)14-15-34-2/h4-9,16H,10-15,17-18H2,1-3H3/t26-/m0/s1. The van der Waals surface area contributed by atoms with Gasteiger partial charge in [-0.2, -0.15) is 0 Å². The molecule has 2 fully saturated rings. The number of amides is 3. The lowest BCUT2D eigenvalue weighted by atomic mass is 9.75. The average Bonchev–Trinajstić information content (AvgIpc) is 3.12. The van der Waals surface area contributed by atoms with Gasteiger partial charge in [0.15, 0.2) is 0 Å². The Balaban J connectivity index is 1.54. The van der Waals surface area contributed by atoms with Crippen LogP contribution in [-0.2, 0) is 24.5 Å². The number of aromatic nitrogens is 1. The summed E-state index contributed by atoms with van der Waals surface area (Å²) in [5.41, 5.74) is 0.306. The van der Waals surface area contributed by atoms with Gasteiger partial charge in [0.25, 0.3) is 0 Å². The number of likely N-dealkylation sites (tertiary alicyclic amines) is 1. The molecule has 0 aliphatic carbocycles. The molecule has 3 amide bonds. The number of piperazine rings is 1. The normalized spacial score (nSPS) is 20.5. The third kappa shape index (κ3) is 5.00. The number of ether oxygens (including phenoxy) is 2. The molecule has 9 heteroatoms. The summed E-state index contributed by atoms with van der Waals surface area (Å²) in [6.07, 6.45) is -0.126. The van der Waals surface area contributed by atoms with E-state index in [1.165, 1.54) is 12.0 Å². The SMILES string of the molecule is COCCN1C(=O)C[C@@](CC(=O)N2CCN(c3cccc(C)n3)CC2)(c2cccc(OC)c2)C1=O. The second kappa shape index (κ2) is 10.4. The maximum absolute atomic E-state index is 13.7. The fourth-order valence-corrected chi connectivity index (χ4v) is 4.86. The van der Waals surface area contributed by atoms with Crippen molar-refractivity contribution in [3.8, 4) is 5.75 Å². The number of carbonyl (C=O) groups excluding carboxylic acids is 3. The number of pyridine rings is 1. The minimum absolute atomic E-state index is 0.0539. The first-order valence-electron chi connectivity index (χ1n) is 11.8. The summed E-state index contributed by atoms with van der Waals surface area (Å²) in [7, 11) is 3.07. The minimum atomic E-state index is -1.26. The van der Waals surface area contributed by atoms with Crippen LogP contribution in [0.2, 0.25) is 0 Å². The van der Waals surface area contributed by atoms with Gasteiger partial charge in [0.05, 0.1) is 25.7 Å². The van der Waals surface area contributed by atoms with E-state index in [2.05, 4.69) is 9.88 Å². The van der Waals surface area contributed by atoms with Crippen LogP contribution in [0.15, 0.2) is 42.5 Å². The van der Waals surface area contributed by atoms with Crippen LogP contribution in [0.4, 0.5) is 5.82 Å². The molecule has 2 saturated heterocycles. The number of hydrogen-bond donors (Lipinski definition) is 0. The fourth-order valence-electron chi connectivity index (χ4n) is 4.86. The van der Waals surface area contributed by atoms with Crippen LogP contribution in [0.25, 0.3) is 0 Å². The van der Waals surface area contributed by atoms with Crippen LogP contribution >= 0.6 is 0 Å². The van der Waals surface area contributed by atoms with Gasteiger partial charge < -0.3 is 19.3 Å². The summed E-state index contributed by atoms with van der Waals surface area (Å²) in [6.45, 7) is 4.72. The first-order chi connectivity index (χ1) is 16.9. The quantitative estimate of drug-likeness (QED) is 0.532. The molecular weight excluding hydrogens is 448 g/mol. The van der Waals surface area contributed by atoms with E-state index in [0.717, 1.165) is 11.5 Å². The highest BCUT2D eigenvalue weighted by Crippen LogP contribution is 2.41. The lowest BCUT2D eigenvalue weighted by Gasteiger charge is -2.37. The first kappa shape index (κ1) is 24.7. The molecule has 2 aromatic rings. The average molecular weight is 481 g/mol. The van der Waals surface area contributed by atoms with Crippen molar-refractivity contribution in [3.63, 3.8) is 0 Å². The first-order valence-corrected chi connectivity index (χ1v) is 11.8. The van der Waals surface area contributed by atoms with Crippen LogP contribution < -0.4 is 9.64 Å². The van der Waals surface area contributed by atoms with Crippen molar-refractivity contribution in [2.24, 2.45) is 0 Å². The Morgan fingerprint density at radius 1 is 1.06 bits per heavy atom. The molecule has 2 aliphatic rings. The molecular formula is C26H32N4O5. The van der Waals surface area contributed by atoms with Crippen molar-refractivity contribution in [3.05, 3.63) is 53.7 Å². The highest BCUT2D eigenvalue weighted by atomic mass is 16.5. The summed E-state index contributed by atoms with van der Waals surface area (Å²) in [5, 5.41) is 0. The zero-order valence-electron chi connectivity index (χ0n) is 20.5. The number of carbonyl (C=O) groups is 3. The van der Waals surface area contributed by atoms with Crippen LogP contribution in [0, 0.1) is 6.92 Å². The highest BCUT2D eigenvalue weighted by Gasteiger charge is 2.54. The molecule has 186 valence electrons. The Morgan fingerprint density at radius 2 is 1.80 bits per heavy atom. The highest BCUT2D eigenvalue weighted by molar-refractivity contribution is 6.10. The number of benzene rings is 1. The summed E-state index contributed by atoms with van der Waals surface area (Å²) in [5.74, 6) is 0.681. The second-order valence-corrected chi connectivity index (χ2v) is 9.02. The van der Waals surface area contributed by atoms with Gasteiger partial charge in [-0.15, -0.1) is 0 Å². The van der Waals surface area contributed by atoms with Crippen molar-refractivity contribution >= 4 is 23.5 Å². The molecule has 0 radical (unpaired) electrons. The van der Waals surface area contributed by atoms with Gasteiger partial charge >= 0.3 is 0 Å². The third-order valence-electron chi connectivity index (χ3n) is 6.83. The number of aryl methyl sites for hydroxylation is 1. The smallest absolute Gasteiger partial charge is 0.240 e. The predicted molar refractivity (Wildman–Crippen MR) is 130 cm³/mol. The Kier molecular flexibility index (Phi) is 7.35. The molecule has 3 heterocycles. The monoisotopic (exact) mass is 480 g/mol. The van der Waals surface area contributed by atoms with Crippen LogP contribution in [0.1, 0.15) is 24.1 Å². The number of hydrogen-bond acceptors (Lipinski definition) is 7. The Hall–Kier alpha value is -3.46. The Labute approximate surface area is 205 Å². The molecule has 0 saturated carbocycles. The van der Waals surface area contributed by atoms with Crippen molar-refractivity contribution in [1.29, 1.82) is 0 Å². The molecule has 1 aromatic heterocycles. The van der Waals surface area contributed by atoms with Crippen molar-refractivity contribution in [2.45, 2.75) is 25.2 Å². The molecule has 1 aromatic carbocycles. The van der Waals surface area contributed by atoms with Gasteiger partial charge in [-0.25, -0.2) is 4.98 Å². The maximum Gasteiger partial charge on any atom is 0.240 e. The van der Waals surface area contributed by atoms with Crippen LogP contribution in [-0.4, -0.2) is 86.1 Å². The van der Waals surface area contributed by atoms with Crippen LogP contribution in [0.5, 0.6) is 5.75 Å². The Bertz CT molecular complexity index is 1100. The molecule has 0 spiro atoms. The van der Waals surface area contributed by atoms with E-state index in [0.29, 0.717) is 37.5 Å². The van der Waals surface area contributed by atoms with E-state index in [1.54, 1.807) is 36.3 Å². The number of anilines is 1. The number of nitrogens with zero attached hydrogens (tertiary/aromatic N) is 4.